The van der Waals surface area contributed by atoms with Gasteiger partial charge < -0.3 is 34.2 Å². The summed E-state index contributed by atoms with van der Waals surface area (Å²) in [5.74, 6) is -2.93. The van der Waals surface area contributed by atoms with E-state index in [9.17, 15) is 29.1 Å². The van der Waals surface area contributed by atoms with Crippen molar-refractivity contribution in [3.8, 4) is 0 Å². The van der Waals surface area contributed by atoms with E-state index in [-0.39, 0.29) is 25.2 Å². The van der Waals surface area contributed by atoms with Gasteiger partial charge in [-0.05, 0) is 6.92 Å². The van der Waals surface area contributed by atoms with Crippen LogP contribution in [0.2, 0.25) is 0 Å². The number of amides is 1. The van der Waals surface area contributed by atoms with E-state index in [0.717, 1.165) is 20.8 Å². The summed E-state index contributed by atoms with van der Waals surface area (Å²) in [4.78, 5) is 57.2. The molecule has 1 aliphatic heterocycles. The summed E-state index contributed by atoms with van der Waals surface area (Å²) in [6.07, 6.45) is -5.54. The van der Waals surface area contributed by atoms with Gasteiger partial charge in [0.15, 0.2) is 18.5 Å². The van der Waals surface area contributed by atoms with E-state index < -0.39 is 54.5 Å². The summed E-state index contributed by atoms with van der Waals surface area (Å²) in [5, 5.41) is 12.7. The minimum absolute atomic E-state index is 0.0177. The zero-order valence-electron chi connectivity index (χ0n) is 16.1. The first-order valence-corrected chi connectivity index (χ1v) is 8.61. The van der Waals surface area contributed by atoms with Crippen LogP contribution in [0.1, 0.15) is 40.5 Å². The molecule has 0 bridgehead atoms. The minimum Gasteiger partial charge on any atom is -0.463 e. The zero-order chi connectivity index (χ0) is 21.4. The maximum atomic E-state index is 12.1. The first-order valence-electron chi connectivity index (χ1n) is 8.61. The van der Waals surface area contributed by atoms with Gasteiger partial charge in [0.1, 0.15) is 24.5 Å². The maximum Gasteiger partial charge on any atom is 0.303 e. The van der Waals surface area contributed by atoms with Crippen LogP contribution in [0.4, 0.5) is 0 Å². The highest BCUT2D eigenvalue weighted by molar-refractivity contribution is 5.83. The number of rotatable bonds is 8. The smallest absolute Gasteiger partial charge is 0.303 e. The fourth-order valence-electron chi connectivity index (χ4n) is 2.62. The van der Waals surface area contributed by atoms with Crippen molar-refractivity contribution in [2.75, 3.05) is 6.61 Å². The van der Waals surface area contributed by atoms with Crippen molar-refractivity contribution in [2.24, 2.45) is 0 Å². The van der Waals surface area contributed by atoms with Crippen molar-refractivity contribution in [3.63, 3.8) is 0 Å². The van der Waals surface area contributed by atoms with Crippen LogP contribution >= 0.6 is 0 Å². The van der Waals surface area contributed by atoms with E-state index in [0.29, 0.717) is 0 Å². The Kier molecular flexibility index (Phi) is 9.00. The van der Waals surface area contributed by atoms with Gasteiger partial charge in [0.05, 0.1) is 0 Å². The van der Waals surface area contributed by atoms with Crippen LogP contribution in [0.3, 0.4) is 0 Å². The number of carbonyl (C=O) groups is 5. The molecule has 0 aromatic rings. The van der Waals surface area contributed by atoms with E-state index in [4.69, 9.17) is 18.9 Å². The average molecular weight is 403 g/mol. The van der Waals surface area contributed by atoms with Crippen molar-refractivity contribution in [1.29, 1.82) is 0 Å². The zero-order valence-corrected chi connectivity index (χ0v) is 16.1. The number of Topliss-reactive ketones (excluding diaryl/α,β-unsaturated/α-hetero) is 1. The SMILES string of the molecule is CC(=O)CCC(=O)NC1C(OC(C)=O)[C@H](OC(C)=O)C(COC(C)=O)O[C@@H]1O. The molecule has 0 spiro atoms. The number of aliphatic hydroxyl groups excluding tert-OH is 1. The Morgan fingerprint density at radius 2 is 1.46 bits per heavy atom. The first-order chi connectivity index (χ1) is 13.0. The molecule has 0 saturated carbocycles. The molecular formula is C17H25NO10. The van der Waals surface area contributed by atoms with Gasteiger partial charge in [0, 0.05) is 33.6 Å². The van der Waals surface area contributed by atoms with E-state index in [1.54, 1.807) is 0 Å². The number of ether oxygens (including phenoxy) is 4. The Morgan fingerprint density at radius 3 is 1.96 bits per heavy atom. The van der Waals surface area contributed by atoms with Gasteiger partial charge in [-0.25, -0.2) is 0 Å². The highest BCUT2D eigenvalue weighted by atomic mass is 16.7. The average Bonchev–Trinajstić information content (AvgIpc) is 2.56. The van der Waals surface area contributed by atoms with Crippen LogP contribution in [0, 0.1) is 0 Å². The molecule has 1 amide bonds. The molecule has 11 heteroatoms. The Labute approximate surface area is 161 Å². The molecule has 2 N–H and O–H groups in total. The molecule has 158 valence electrons. The third-order valence-electron chi connectivity index (χ3n) is 3.75. The van der Waals surface area contributed by atoms with Gasteiger partial charge >= 0.3 is 17.9 Å². The van der Waals surface area contributed by atoms with Gasteiger partial charge in [0.2, 0.25) is 5.91 Å². The second-order valence-corrected chi connectivity index (χ2v) is 6.31. The van der Waals surface area contributed by atoms with Crippen LogP contribution in [0.15, 0.2) is 0 Å². The molecule has 0 radical (unpaired) electrons. The lowest BCUT2D eigenvalue weighted by Gasteiger charge is -2.43. The third kappa shape index (κ3) is 7.61. The molecule has 0 aliphatic carbocycles. The molecule has 1 fully saturated rings. The van der Waals surface area contributed by atoms with Crippen LogP contribution in [0.5, 0.6) is 0 Å². The Hall–Kier alpha value is -2.53. The topological polar surface area (TPSA) is 155 Å². The molecule has 0 aromatic carbocycles. The van der Waals surface area contributed by atoms with Crippen LogP contribution in [-0.2, 0) is 42.9 Å². The number of nitrogens with one attached hydrogen (secondary N) is 1. The van der Waals surface area contributed by atoms with E-state index >= 15 is 0 Å². The maximum absolute atomic E-state index is 12.1. The van der Waals surface area contributed by atoms with Crippen molar-refractivity contribution in [2.45, 2.75) is 71.2 Å². The molecule has 11 nitrogen and oxygen atoms in total. The fourth-order valence-corrected chi connectivity index (χ4v) is 2.62. The summed E-state index contributed by atoms with van der Waals surface area (Å²) in [7, 11) is 0. The quantitative estimate of drug-likeness (QED) is 0.380. The second-order valence-electron chi connectivity index (χ2n) is 6.31. The molecule has 28 heavy (non-hydrogen) atoms. The fraction of sp³-hybridized carbons (Fsp3) is 0.706. The lowest BCUT2D eigenvalue weighted by atomic mass is 9.96. The third-order valence-corrected chi connectivity index (χ3v) is 3.75. The summed E-state index contributed by atoms with van der Waals surface area (Å²) in [6, 6.07) is -1.28. The normalized spacial score (nSPS) is 26.7. The standard InChI is InChI=1S/C17H25NO10/c1-8(19)5-6-13(23)18-14-16(27-11(4)22)15(26-10(3)21)12(28-17(14)24)7-25-9(2)20/h12,14-17,24H,5-7H2,1-4H3,(H,18,23)/t12?,14?,15-,16?,17+/m1/s1. The van der Waals surface area contributed by atoms with Gasteiger partial charge in [-0.1, -0.05) is 0 Å². The van der Waals surface area contributed by atoms with Gasteiger partial charge in [-0.2, -0.15) is 0 Å². The molecular weight excluding hydrogens is 378 g/mol. The Balaban J connectivity index is 3.07. The van der Waals surface area contributed by atoms with Crippen LogP contribution in [-0.4, -0.2) is 72.0 Å². The highest BCUT2D eigenvalue weighted by Gasteiger charge is 2.50. The molecule has 1 rings (SSSR count). The lowest BCUT2D eigenvalue weighted by Crippen LogP contribution is -2.66. The van der Waals surface area contributed by atoms with Gasteiger partial charge in [0.25, 0.3) is 0 Å². The lowest BCUT2D eigenvalue weighted by molar-refractivity contribution is -0.264. The predicted molar refractivity (Wildman–Crippen MR) is 90.5 cm³/mol. The van der Waals surface area contributed by atoms with Crippen molar-refractivity contribution < 1.29 is 48.0 Å². The molecule has 1 heterocycles. The number of ketones is 1. The summed E-state index contributed by atoms with van der Waals surface area (Å²) < 4.78 is 20.5. The summed E-state index contributed by atoms with van der Waals surface area (Å²) in [5.41, 5.74) is 0. The Bertz CT molecular complexity index is 619. The minimum atomic E-state index is -1.65. The van der Waals surface area contributed by atoms with E-state index in [1.165, 1.54) is 6.92 Å². The Morgan fingerprint density at radius 1 is 0.893 bits per heavy atom. The van der Waals surface area contributed by atoms with Crippen LogP contribution in [0.25, 0.3) is 0 Å². The molecule has 1 aliphatic rings. The number of esters is 3. The second kappa shape index (κ2) is 10.7. The van der Waals surface area contributed by atoms with Crippen molar-refractivity contribution >= 4 is 29.6 Å². The van der Waals surface area contributed by atoms with Crippen LogP contribution < -0.4 is 5.32 Å². The monoisotopic (exact) mass is 403 g/mol. The van der Waals surface area contributed by atoms with Crippen molar-refractivity contribution in [3.05, 3.63) is 0 Å². The summed E-state index contributed by atoms with van der Waals surface area (Å²) >= 11 is 0. The van der Waals surface area contributed by atoms with E-state index in [2.05, 4.69) is 5.32 Å². The molecule has 1 saturated heterocycles. The summed E-state index contributed by atoms with van der Waals surface area (Å²) in [6.45, 7) is 4.31. The van der Waals surface area contributed by atoms with Gasteiger partial charge in [-0.3, -0.25) is 19.2 Å². The predicted octanol–water partition coefficient (Wildman–Crippen LogP) is -1.02. The largest absolute Gasteiger partial charge is 0.463 e. The van der Waals surface area contributed by atoms with Crippen molar-refractivity contribution in [1.82, 2.24) is 5.32 Å². The number of hydrogen-bond acceptors (Lipinski definition) is 10. The molecule has 5 atom stereocenters. The van der Waals surface area contributed by atoms with Gasteiger partial charge in [-0.15, -0.1) is 0 Å². The first kappa shape index (κ1) is 23.5. The highest BCUT2D eigenvalue weighted by Crippen LogP contribution is 2.26. The number of hydrogen-bond donors (Lipinski definition) is 2. The number of aliphatic hydroxyl groups is 1. The molecule has 0 aromatic heterocycles. The number of carbonyl (C=O) groups excluding carboxylic acids is 5. The molecule has 3 unspecified atom stereocenters. The van der Waals surface area contributed by atoms with E-state index in [1.807, 2.05) is 0 Å².